The zero-order valence-electron chi connectivity index (χ0n) is 14.6. The highest BCUT2D eigenvalue weighted by Gasteiger charge is 2.44. The number of hydrogen-bond donors (Lipinski definition) is 0. The van der Waals surface area contributed by atoms with Crippen molar-refractivity contribution in [3.05, 3.63) is 80.8 Å². The maximum atomic E-state index is 13.1. The summed E-state index contributed by atoms with van der Waals surface area (Å²) < 4.78 is 11.8. The van der Waals surface area contributed by atoms with E-state index in [0.717, 1.165) is 11.1 Å². The summed E-state index contributed by atoms with van der Waals surface area (Å²) >= 11 is 11.9. The highest BCUT2D eigenvalue weighted by molar-refractivity contribution is 6.30. The Labute approximate surface area is 168 Å². The van der Waals surface area contributed by atoms with Gasteiger partial charge in [0, 0.05) is 34.0 Å². The SMILES string of the molecule is O=C1/C(=C/c2ccc(Cl)cc2)CC2(C/C1=C\c1ccc(Cl)cc1)OCCO2. The van der Waals surface area contributed by atoms with Crippen LogP contribution in [0, 0.1) is 0 Å². The van der Waals surface area contributed by atoms with Crippen LogP contribution in [0.1, 0.15) is 24.0 Å². The van der Waals surface area contributed by atoms with Crippen LogP contribution in [0.4, 0.5) is 0 Å². The summed E-state index contributed by atoms with van der Waals surface area (Å²) in [5, 5.41) is 1.32. The molecule has 5 heteroatoms. The van der Waals surface area contributed by atoms with Crippen LogP contribution in [-0.4, -0.2) is 24.8 Å². The van der Waals surface area contributed by atoms with E-state index < -0.39 is 5.79 Å². The summed E-state index contributed by atoms with van der Waals surface area (Å²) in [6.45, 7) is 1.08. The van der Waals surface area contributed by atoms with Gasteiger partial charge < -0.3 is 9.47 Å². The van der Waals surface area contributed by atoms with E-state index in [9.17, 15) is 4.79 Å². The van der Waals surface area contributed by atoms with E-state index in [1.54, 1.807) is 0 Å². The van der Waals surface area contributed by atoms with E-state index in [1.807, 2.05) is 60.7 Å². The summed E-state index contributed by atoms with van der Waals surface area (Å²) in [5.74, 6) is -0.741. The number of rotatable bonds is 2. The molecule has 2 aromatic rings. The van der Waals surface area contributed by atoms with Gasteiger partial charge in [0.1, 0.15) is 0 Å². The molecule has 0 bridgehead atoms. The van der Waals surface area contributed by atoms with Gasteiger partial charge >= 0.3 is 0 Å². The highest BCUT2D eigenvalue weighted by Crippen LogP contribution is 2.40. The van der Waals surface area contributed by atoms with Gasteiger partial charge in [-0.1, -0.05) is 47.5 Å². The lowest BCUT2D eigenvalue weighted by atomic mass is 9.82. The predicted molar refractivity (Wildman–Crippen MR) is 108 cm³/mol. The summed E-state index contributed by atoms with van der Waals surface area (Å²) in [5.41, 5.74) is 3.18. The lowest BCUT2D eigenvalue weighted by molar-refractivity contribution is -0.161. The van der Waals surface area contributed by atoms with Crippen molar-refractivity contribution >= 4 is 41.1 Å². The van der Waals surface area contributed by atoms with E-state index in [0.29, 0.717) is 47.2 Å². The first-order valence-corrected chi connectivity index (χ1v) is 9.54. The van der Waals surface area contributed by atoms with Crippen LogP contribution < -0.4 is 0 Å². The second-order valence-corrected chi connectivity index (χ2v) is 7.61. The van der Waals surface area contributed by atoms with Crippen LogP contribution in [0.25, 0.3) is 12.2 Å². The molecule has 0 N–H and O–H groups in total. The number of ketones is 1. The molecule has 1 aliphatic heterocycles. The minimum absolute atomic E-state index is 0.0182. The first kappa shape index (κ1) is 18.5. The van der Waals surface area contributed by atoms with Crippen LogP contribution in [0.5, 0.6) is 0 Å². The van der Waals surface area contributed by atoms with Crippen molar-refractivity contribution < 1.29 is 14.3 Å². The van der Waals surface area contributed by atoms with Crippen molar-refractivity contribution in [3.63, 3.8) is 0 Å². The Morgan fingerprint density at radius 1 is 0.741 bits per heavy atom. The molecule has 3 nitrogen and oxygen atoms in total. The Bertz CT molecular complexity index is 836. The molecule has 0 unspecified atom stereocenters. The van der Waals surface area contributed by atoms with Gasteiger partial charge in [-0.05, 0) is 47.5 Å². The molecule has 1 saturated carbocycles. The van der Waals surface area contributed by atoms with Crippen LogP contribution in [-0.2, 0) is 14.3 Å². The summed E-state index contributed by atoms with van der Waals surface area (Å²) in [4.78, 5) is 13.1. The molecule has 138 valence electrons. The van der Waals surface area contributed by atoms with Gasteiger partial charge in [0.25, 0.3) is 0 Å². The summed E-state index contributed by atoms with van der Waals surface area (Å²) in [6, 6.07) is 14.8. The van der Waals surface area contributed by atoms with Crippen molar-refractivity contribution in [1.82, 2.24) is 0 Å². The number of halogens is 2. The first-order chi connectivity index (χ1) is 13.0. The Balaban J connectivity index is 1.71. The molecule has 4 rings (SSSR count). The monoisotopic (exact) mass is 400 g/mol. The van der Waals surface area contributed by atoms with E-state index in [4.69, 9.17) is 32.7 Å². The molecular weight excluding hydrogens is 383 g/mol. The van der Waals surface area contributed by atoms with E-state index >= 15 is 0 Å². The second kappa shape index (κ2) is 7.61. The van der Waals surface area contributed by atoms with E-state index in [-0.39, 0.29) is 5.78 Å². The maximum Gasteiger partial charge on any atom is 0.185 e. The van der Waals surface area contributed by atoms with E-state index in [1.165, 1.54) is 0 Å². The molecule has 0 atom stereocenters. The van der Waals surface area contributed by atoms with Gasteiger partial charge in [-0.2, -0.15) is 0 Å². The summed E-state index contributed by atoms with van der Waals surface area (Å²) in [6.07, 6.45) is 4.65. The standard InChI is InChI=1S/C22H18Cl2O3/c23-19-5-1-15(2-6-19)11-17-13-22(26-9-10-27-22)14-18(21(17)25)12-16-3-7-20(24)8-4-16/h1-8,11-12H,9-10,13-14H2/b17-11+,18-12+. The quantitative estimate of drug-likeness (QED) is 0.618. The molecule has 1 heterocycles. The number of carbonyl (C=O) groups is 1. The number of ether oxygens (including phenoxy) is 2. The highest BCUT2D eigenvalue weighted by atomic mass is 35.5. The molecule has 2 aromatic carbocycles. The molecular formula is C22H18Cl2O3. The lowest BCUT2D eigenvalue weighted by Crippen LogP contribution is -2.38. The predicted octanol–water partition coefficient (Wildman–Crippen LogP) is 5.57. The van der Waals surface area contributed by atoms with Gasteiger partial charge in [-0.3, -0.25) is 4.79 Å². The Kier molecular flexibility index (Phi) is 5.20. The third-order valence-corrected chi connectivity index (χ3v) is 5.24. The number of hydrogen-bond acceptors (Lipinski definition) is 3. The maximum absolute atomic E-state index is 13.1. The lowest BCUT2D eigenvalue weighted by Gasteiger charge is -2.33. The van der Waals surface area contributed by atoms with Gasteiger partial charge in [-0.15, -0.1) is 0 Å². The molecule has 0 amide bonds. The normalized spacial score (nSPS) is 22.1. The van der Waals surface area contributed by atoms with Gasteiger partial charge in [-0.25, -0.2) is 0 Å². The molecule has 2 fully saturated rings. The topological polar surface area (TPSA) is 35.5 Å². The van der Waals surface area contributed by atoms with Crippen molar-refractivity contribution in [2.45, 2.75) is 18.6 Å². The zero-order valence-corrected chi connectivity index (χ0v) is 16.1. The smallest absolute Gasteiger partial charge is 0.185 e. The van der Waals surface area contributed by atoms with E-state index in [2.05, 4.69) is 0 Å². The van der Waals surface area contributed by atoms with Crippen molar-refractivity contribution in [3.8, 4) is 0 Å². The average molecular weight is 401 g/mol. The number of Topliss-reactive ketones (excluding diaryl/α,β-unsaturated/α-hetero) is 1. The first-order valence-electron chi connectivity index (χ1n) is 8.78. The fraction of sp³-hybridized carbons (Fsp3) is 0.227. The van der Waals surface area contributed by atoms with Crippen molar-refractivity contribution in [2.24, 2.45) is 0 Å². The minimum Gasteiger partial charge on any atom is -0.347 e. The fourth-order valence-corrected chi connectivity index (χ4v) is 3.72. The molecule has 1 spiro atoms. The second-order valence-electron chi connectivity index (χ2n) is 6.73. The number of carbonyl (C=O) groups excluding carboxylic acids is 1. The molecule has 1 saturated heterocycles. The molecule has 2 aliphatic rings. The Hall–Kier alpha value is -1.91. The average Bonchev–Trinajstić information content (AvgIpc) is 3.10. The third-order valence-electron chi connectivity index (χ3n) is 4.74. The third kappa shape index (κ3) is 4.17. The fourth-order valence-electron chi connectivity index (χ4n) is 3.46. The minimum atomic E-state index is -0.759. The van der Waals surface area contributed by atoms with Gasteiger partial charge in [0.05, 0.1) is 13.2 Å². The molecule has 0 radical (unpaired) electrons. The molecule has 0 aromatic heterocycles. The van der Waals surface area contributed by atoms with Gasteiger partial charge in [0.2, 0.25) is 0 Å². The number of benzene rings is 2. The van der Waals surface area contributed by atoms with Crippen LogP contribution in [0.3, 0.4) is 0 Å². The molecule has 1 aliphatic carbocycles. The summed E-state index contributed by atoms with van der Waals surface area (Å²) in [7, 11) is 0. The molecule has 27 heavy (non-hydrogen) atoms. The largest absolute Gasteiger partial charge is 0.347 e. The van der Waals surface area contributed by atoms with Crippen LogP contribution >= 0.6 is 23.2 Å². The zero-order chi connectivity index (χ0) is 18.9. The van der Waals surface area contributed by atoms with Gasteiger partial charge in [0.15, 0.2) is 11.6 Å². The van der Waals surface area contributed by atoms with Crippen molar-refractivity contribution in [2.75, 3.05) is 13.2 Å². The van der Waals surface area contributed by atoms with Crippen LogP contribution in [0.2, 0.25) is 10.0 Å². The van der Waals surface area contributed by atoms with Crippen molar-refractivity contribution in [1.29, 1.82) is 0 Å². The Morgan fingerprint density at radius 3 is 1.56 bits per heavy atom. The Morgan fingerprint density at radius 2 is 1.15 bits per heavy atom. The van der Waals surface area contributed by atoms with Crippen LogP contribution in [0.15, 0.2) is 59.7 Å².